The summed E-state index contributed by atoms with van der Waals surface area (Å²) in [5, 5.41) is 15.1. The number of unbranched alkanes of at least 4 members (excludes halogenated alkanes) is 1. The van der Waals surface area contributed by atoms with E-state index < -0.39 is 0 Å². The van der Waals surface area contributed by atoms with E-state index in [0.29, 0.717) is 6.61 Å². The van der Waals surface area contributed by atoms with Gasteiger partial charge in [0.2, 0.25) is 0 Å². The molecule has 0 atom stereocenters. The molecule has 0 heterocycles. The predicted molar refractivity (Wildman–Crippen MR) is 51.4 cm³/mol. The van der Waals surface area contributed by atoms with Crippen LogP contribution in [0.25, 0.3) is 0 Å². The van der Waals surface area contributed by atoms with Crippen LogP contribution in [0.1, 0.15) is 26.7 Å². The Kier molecular flexibility index (Phi) is 52.9. The summed E-state index contributed by atoms with van der Waals surface area (Å²) in [6.45, 7) is 3.76. The third kappa shape index (κ3) is 88.4. The van der Waals surface area contributed by atoms with Crippen molar-refractivity contribution >= 4 is 5.97 Å². The average Bonchev–Trinajstić information content (AvgIpc) is 2.10. The van der Waals surface area contributed by atoms with Crippen molar-refractivity contribution in [2.24, 2.45) is 0 Å². The lowest BCUT2D eigenvalue weighted by atomic mass is 10.4. The Morgan fingerprint density at radius 2 is 1.69 bits per heavy atom. The number of hydrogen-bond acceptors (Lipinski definition) is 4. The smallest absolute Gasteiger partial charge is 0.302 e. The Balaban J connectivity index is -0.0000000491. The highest BCUT2D eigenvalue weighted by molar-refractivity contribution is 5.65. The Morgan fingerprint density at radius 1 is 1.38 bits per heavy atom. The lowest BCUT2D eigenvalue weighted by Crippen LogP contribution is -1.88. The van der Waals surface area contributed by atoms with Crippen molar-refractivity contribution in [1.29, 1.82) is 0 Å². The van der Waals surface area contributed by atoms with E-state index in [1.54, 1.807) is 0 Å². The molecule has 0 amide bonds. The topological polar surface area (TPSA) is 98.3 Å². The second-order valence-electron chi connectivity index (χ2n) is 1.77. The zero-order valence-corrected chi connectivity index (χ0v) is 8.83. The second-order valence-corrected chi connectivity index (χ2v) is 1.77. The molecule has 0 spiro atoms. The largest absolute Gasteiger partial charge is 0.469 e. The Morgan fingerprint density at radius 3 is 1.69 bits per heavy atom. The Hall–Kier alpha value is -0.650. The van der Waals surface area contributed by atoms with E-state index in [9.17, 15) is 4.79 Å². The fourth-order valence-electron chi connectivity index (χ4n) is 0.158. The molecule has 0 aromatic heterocycles. The monoisotopic (exact) mass is 198 g/mol. The molecule has 0 saturated carbocycles. The van der Waals surface area contributed by atoms with Gasteiger partial charge >= 0.3 is 5.97 Å². The molecule has 0 aromatic carbocycles. The van der Waals surface area contributed by atoms with E-state index in [1.807, 2.05) is 0 Å². The van der Waals surface area contributed by atoms with Crippen LogP contribution in [0.15, 0.2) is 0 Å². The van der Waals surface area contributed by atoms with Crippen molar-refractivity contribution in [2.75, 3.05) is 20.8 Å². The predicted octanol–water partition coefficient (Wildman–Crippen LogP) is -0.258. The number of esters is 1. The van der Waals surface area contributed by atoms with Crippen LogP contribution in [-0.2, 0) is 9.53 Å². The molecule has 0 saturated heterocycles. The molecule has 0 rings (SSSR count). The molecule has 0 bridgehead atoms. The standard InChI is InChI=1S/C4H10O.C3H6O2.CH4O.H2O/c1-2-3-4-5;1-3(4)5-2;1-2;/h5H,2-4H2,1H3;1-2H3;2H,1H3;1H2. The van der Waals surface area contributed by atoms with Crippen LogP contribution in [0.3, 0.4) is 0 Å². The first-order chi connectivity index (χ1) is 5.68. The molecule has 5 heteroatoms. The van der Waals surface area contributed by atoms with Crippen LogP contribution in [-0.4, -0.2) is 42.5 Å². The molecular formula is C8H22O5. The number of rotatable bonds is 2. The van der Waals surface area contributed by atoms with E-state index in [4.69, 9.17) is 10.2 Å². The van der Waals surface area contributed by atoms with Gasteiger partial charge in [0.05, 0.1) is 7.11 Å². The van der Waals surface area contributed by atoms with E-state index in [1.165, 1.54) is 14.0 Å². The Bertz CT molecular complexity index is 72.9. The summed E-state index contributed by atoms with van der Waals surface area (Å²) in [5.74, 6) is -0.245. The van der Waals surface area contributed by atoms with Crippen molar-refractivity contribution in [3.8, 4) is 0 Å². The fraction of sp³-hybridized carbons (Fsp3) is 0.875. The minimum atomic E-state index is -0.245. The summed E-state index contributed by atoms with van der Waals surface area (Å²) in [7, 11) is 2.35. The van der Waals surface area contributed by atoms with Gasteiger partial charge in [-0.1, -0.05) is 13.3 Å². The molecule has 0 aromatic rings. The number of aliphatic hydroxyl groups is 2. The lowest BCUT2D eigenvalue weighted by Gasteiger charge is -1.80. The van der Waals surface area contributed by atoms with Gasteiger partial charge in [-0.05, 0) is 6.42 Å². The van der Waals surface area contributed by atoms with Gasteiger partial charge in [0, 0.05) is 20.6 Å². The highest BCUT2D eigenvalue weighted by Gasteiger charge is 1.75. The molecular weight excluding hydrogens is 176 g/mol. The van der Waals surface area contributed by atoms with Crippen molar-refractivity contribution in [3.63, 3.8) is 0 Å². The normalized spacial score (nSPS) is 6.31. The number of carbonyl (C=O) groups excluding carboxylic acids is 1. The van der Waals surface area contributed by atoms with Crippen molar-refractivity contribution in [2.45, 2.75) is 26.7 Å². The Labute approximate surface area is 79.6 Å². The minimum Gasteiger partial charge on any atom is -0.469 e. The summed E-state index contributed by atoms with van der Waals surface area (Å²) in [6.07, 6.45) is 2.04. The number of aliphatic hydroxyl groups excluding tert-OH is 2. The van der Waals surface area contributed by atoms with Gasteiger partial charge in [0.15, 0.2) is 0 Å². The molecule has 0 fully saturated rings. The molecule has 84 valence electrons. The van der Waals surface area contributed by atoms with Crippen LogP contribution in [0.2, 0.25) is 0 Å². The zero-order chi connectivity index (χ0) is 10.4. The quantitative estimate of drug-likeness (QED) is 0.597. The molecule has 4 N–H and O–H groups in total. The fourth-order valence-corrected chi connectivity index (χ4v) is 0.158. The van der Waals surface area contributed by atoms with Crippen molar-refractivity contribution in [3.05, 3.63) is 0 Å². The first-order valence-corrected chi connectivity index (χ1v) is 3.79. The van der Waals surface area contributed by atoms with Gasteiger partial charge in [0.25, 0.3) is 0 Å². The number of hydrogen-bond donors (Lipinski definition) is 2. The summed E-state index contributed by atoms with van der Waals surface area (Å²) in [5.41, 5.74) is 0. The van der Waals surface area contributed by atoms with E-state index in [-0.39, 0.29) is 11.4 Å². The van der Waals surface area contributed by atoms with Gasteiger partial charge in [-0.2, -0.15) is 0 Å². The third-order valence-electron chi connectivity index (χ3n) is 0.799. The highest BCUT2D eigenvalue weighted by Crippen LogP contribution is 1.78. The van der Waals surface area contributed by atoms with Crippen LogP contribution < -0.4 is 0 Å². The number of ether oxygens (including phenoxy) is 1. The molecule has 5 nitrogen and oxygen atoms in total. The van der Waals surface area contributed by atoms with Crippen molar-refractivity contribution in [1.82, 2.24) is 0 Å². The van der Waals surface area contributed by atoms with Crippen LogP contribution >= 0.6 is 0 Å². The second kappa shape index (κ2) is 30.2. The molecule has 0 aliphatic carbocycles. The molecule has 0 aliphatic heterocycles. The first kappa shape index (κ1) is 22.8. The number of carbonyl (C=O) groups is 1. The first-order valence-electron chi connectivity index (χ1n) is 3.79. The third-order valence-corrected chi connectivity index (χ3v) is 0.799. The van der Waals surface area contributed by atoms with Gasteiger partial charge < -0.3 is 20.4 Å². The van der Waals surface area contributed by atoms with Gasteiger partial charge in [-0.25, -0.2) is 0 Å². The summed E-state index contributed by atoms with van der Waals surface area (Å²) in [6, 6.07) is 0. The molecule has 13 heavy (non-hydrogen) atoms. The zero-order valence-electron chi connectivity index (χ0n) is 8.83. The van der Waals surface area contributed by atoms with Crippen LogP contribution in [0.5, 0.6) is 0 Å². The number of methoxy groups -OCH3 is 1. The summed E-state index contributed by atoms with van der Waals surface area (Å²) in [4.78, 5) is 9.59. The molecule has 0 aliphatic rings. The maximum Gasteiger partial charge on any atom is 0.302 e. The summed E-state index contributed by atoms with van der Waals surface area (Å²) >= 11 is 0. The van der Waals surface area contributed by atoms with E-state index in [2.05, 4.69) is 11.7 Å². The molecule has 0 unspecified atom stereocenters. The van der Waals surface area contributed by atoms with Gasteiger partial charge in [-0.3, -0.25) is 4.79 Å². The van der Waals surface area contributed by atoms with Crippen LogP contribution in [0, 0.1) is 0 Å². The molecule has 0 radical (unpaired) electrons. The lowest BCUT2D eigenvalue weighted by molar-refractivity contribution is -0.137. The van der Waals surface area contributed by atoms with Gasteiger partial charge in [0.1, 0.15) is 0 Å². The minimum absolute atomic E-state index is 0. The SMILES string of the molecule is CCCCO.CO.COC(C)=O.O. The average molecular weight is 198 g/mol. The van der Waals surface area contributed by atoms with E-state index >= 15 is 0 Å². The highest BCUT2D eigenvalue weighted by atomic mass is 16.5. The summed E-state index contributed by atoms with van der Waals surface area (Å²) < 4.78 is 4.11. The maximum absolute atomic E-state index is 9.59. The van der Waals surface area contributed by atoms with Crippen LogP contribution in [0.4, 0.5) is 0 Å². The van der Waals surface area contributed by atoms with Gasteiger partial charge in [-0.15, -0.1) is 0 Å². The van der Waals surface area contributed by atoms with E-state index in [0.717, 1.165) is 20.0 Å². The maximum atomic E-state index is 9.59. The van der Waals surface area contributed by atoms with Crippen molar-refractivity contribution < 1.29 is 25.2 Å².